The number of rotatable bonds is 5. The number of carbonyl (C=O) groups excluding carboxylic acids is 4. The molecular formula is C17H14N4O4. The molecule has 1 aromatic heterocycles. The van der Waals surface area contributed by atoms with Crippen LogP contribution < -0.4 is 5.32 Å². The third-order valence-corrected chi connectivity index (χ3v) is 3.61. The molecule has 5 amide bonds. The van der Waals surface area contributed by atoms with E-state index in [4.69, 9.17) is 0 Å². The van der Waals surface area contributed by atoms with Crippen LogP contribution in [0, 0.1) is 0 Å². The van der Waals surface area contributed by atoms with E-state index >= 15 is 0 Å². The molecule has 1 N–H and O–H groups in total. The monoisotopic (exact) mass is 338 g/mol. The molecule has 8 heteroatoms. The minimum Gasteiger partial charge on any atom is -0.309 e. The number of hydrogen-bond acceptors (Lipinski definition) is 5. The van der Waals surface area contributed by atoms with Crippen molar-refractivity contribution < 1.29 is 19.2 Å². The second-order valence-electron chi connectivity index (χ2n) is 5.32. The number of hydrogen-bond donors (Lipinski definition) is 1. The highest BCUT2D eigenvalue weighted by atomic mass is 16.2. The Hall–Kier alpha value is -3.55. The quantitative estimate of drug-likeness (QED) is 0.501. The van der Waals surface area contributed by atoms with E-state index in [2.05, 4.69) is 16.9 Å². The maximum atomic E-state index is 12.1. The van der Waals surface area contributed by atoms with Crippen molar-refractivity contribution in [1.82, 2.24) is 14.8 Å². The summed E-state index contributed by atoms with van der Waals surface area (Å²) in [5.41, 5.74) is 0.695. The molecule has 1 aromatic carbocycles. The van der Waals surface area contributed by atoms with Crippen LogP contribution in [0.15, 0.2) is 49.1 Å². The average molecular weight is 338 g/mol. The van der Waals surface area contributed by atoms with Gasteiger partial charge in [-0.2, -0.15) is 0 Å². The maximum absolute atomic E-state index is 12.1. The van der Waals surface area contributed by atoms with Crippen molar-refractivity contribution in [2.75, 3.05) is 18.4 Å². The van der Waals surface area contributed by atoms with Gasteiger partial charge in [-0.15, -0.1) is 6.58 Å². The van der Waals surface area contributed by atoms with E-state index in [1.165, 1.54) is 6.08 Å². The summed E-state index contributed by atoms with van der Waals surface area (Å²) in [6, 6.07) is 9.94. The highest BCUT2D eigenvalue weighted by Crippen LogP contribution is 2.15. The molecule has 1 aliphatic heterocycles. The zero-order chi connectivity index (χ0) is 18.0. The number of urea groups is 1. The van der Waals surface area contributed by atoms with Crippen molar-refractivity contribution >= 4 is 40.5 Å². The summed E-state index contributed by atoms with van der Waals surface area (Å²) in [6.45, 7) is 2.77. The standard InChI is InChI=1S/C17H14N4O4/c1-2-9-20-15(23)16(24)21(17(20)25)10-14(22)19-13-8-7-11-5-3-4-6-12(11)18-13/h2-8H,1,9-10H2,(H,18,19,22). The molecule has 0 bridgehead atoms. The molecule has 8 nitrogen and oxygen atoms in total. The first kappa shape index (κ1) is 16.3. The largest absolute Gasteiger partial charge is 0.335 e. The van der Waals surface area contributed by atoms with Gasteiger partial charge in [0, 0.05) is 11.9 Å². The van der Waals surface area contributed by atoms with E-state index < -0.39 is 30.3 Å². The van der Waals surface area contributed by atoms with Gasteiger partial charge in [0.15, 0.2) is 0 Å². The Balaban J connectivity index is 1.71. The van der Waals surface area contributed by atoms with Crippen molar-refractivity contribution in [2.45, 2.75) is 0 Å². The fourth-order valence-electron chi connectivity index (χ4n) is 2.44. The predicted molar refractivity (Wildman–Crippen MR) is 89.4 cm³/mol. The summed E-state index contributed by atoms with van der Waals surface area (Å²) in [4.78, 5) is 53.3. The summed E-state index contributed by atoms with van der Waals surface area (Å²) < 4.78 is 0. The van der Waals surface area contributed by atoms with Crippen LogP contribution in [0.4, 0.5) is 10.6 Å². The number of nitrogens with one attached hydrogen (secondary N) is 1. The van der Waals surface area contributed by atoms with Crippen molar-refractivity contribution in [1.29, 1.82) is 0 Å². The van der Waals surface area contributed by atoms with E-state index in [0.29, 0.717) is 10.4 Å². The van der Waals surface area contributed by atoms with Crippen LogP contribution in [0.1, 0.15) is 0 Å². The Kier molecular flexibility index (Phi) is 4.25. The first-order valence-electron chi connectivity index (χ1n) is 7.45. The number of nitrogens with zero attached hydrogens (tertiary/aromatic N) is 3. The lowest BCUT2D eigenvalue weighted by Crippen LogP contribution is -2.39. The van der Waals surface area contributed by atoms with E-state index in [1.54, 1.807) is 18.2 Å². The van der Waals surface area contributed by atoms with E-state index in [1.807, 2.05) is 18.2 Å². The van der Waals surface area contributed by atoms with Gasteiger partial charge in [-0.3, -0.25) is 19.3 Å². The molecule has 3 rings (SSSR count). The minimum absolute atomic E-state index is 0.0895. The summed E-state index contributed by atoms with van der Waals surface area (Å²) in [7, 11) is 0. The van der Waals surface area contributed by atoms with Gasteiger partial charge in [0.1, 0.15) is 12.4 Å². The second-order valence-corrected chi connectivity index (χ2v) is 5.32. The number of benzene rings is 1. The number of amides is 5. The van der Waals surface area contributed by atoms with E-state index in [9.17, 15) is 19.2 Å². The zero-order valence-corrected chi connectivity index (χ0v) is 13.1. The SMILES string of the molecule is C=CCN1C(=O)C(=O)N(CC(=O)Nc2ccc3ccccc3n2)C1=O. The Labute approximate surface area is 142 Å². The number of carbonyl (C=O) groups is 4. The van der Waals surface area contributed by atoms with Gasteiger partial charge in [0.25, 0.3) is 0 Å². The van der Waals surface area contributed by atoms with Gasteiger partial charge in [0.05, 0.1) is 5.52 Å². The fraction of sp³-hybridized carbons (Fsp3) is 0.118. The lowest BCUT2D eigenvalue weighted by molar-refractivity contribution is -0.143. The molecule has 0 unspecified atom stereocenters. The van der Waals surface area contributed by atoms with Crippen LogP contribution in [0.2, 0.25) is 0 Å². The Bertz CT molecular complexity index is 908. The lowest BCUT2D eigenvalue weighted by atomic mass is 10.2. The van der Waals surface area contributed by atoms with Crippen LogP contribution in [-0.2, 0) is 14.4 Å². The molecule has 0 atom stereocenters. The van der Waals surface area contributed by atoms with Crippen LogP contribution in [0.3, 0.4) is 0 Å². The molecular weight excluding hydrogens is 324 g/mol. The Morgan fingerprint density at radius 3 is 2.56 bits per heavy atom. The number of imide groups is 2. The van der Waals surface area contributed by atoms with Crippen molar-refractivity contribution in [3.8, 4) is 0 Å². The average Bonchev–Trinajstić information content (AvgIpc) is 2.80. The molecule has 2 aromatic rings. The number of para-hydroxylation sites is 1. The summed E-state index contributed by atoms with van der Waals surface area (Å²) in [6.07, 6.45) is 1.33. The topological polar surface area (TPSA) is 99.7 Å². The minimum atomic E-state index is -1.03. The number of anilines is 1. The molecule has 1 aliphatic rings. The number of fused-ring (bicyclic) bond motifs is 1. The molecule has 1 saturated heterocycles. The zero-order valence-electron chi connectivity index (χ0n) is 13.1. The number of aromatic nitrogens is 1. The van der Waals surface area contributed by atoms with Crippen LogP contribution in [0.5, 0.6) is 0 Å². The molecule has 1 fully saturated rings. The van der Waals surface area contributed by atoms with Crippen LogP contribution in [-0.4, -0.2) is 51.6 Å². The van der Waals surface area contributed by atoms with Gasteiger partial charge in [-0.25, -0.2) is 14.7 Å². The first-order chi connectivity index (χ1) is 12.0. The van der Waals surface area contributed by atoms with Crippen LogP contribution in [0.25, 0.3) is 10.9 Å². The highest BCUT2D eigenvalue weighted by Gasteiger charge is 2.44. The normalized spacial score (nSPS) is 14.3. The predicted octanol–water partition coefficient (Wildman–Crippen LogP) is 1.15. The smallest absolute Gasteiger partial charge is 0.309 e. The molecule has 126 valence electrons. The summed E-state index contributed by atoms with van der Waals surface area (Å²) in [5, 5.41) is 3.43. The number of pyridine rings is 1. The molecule has 25 heavy (non-hydrogen) atoms. The molecule has 0 spiro atoms. The molecule has 0 aliphatic carbocycles. The summed E-state index contributed by atoms with van der Waals surface area (Å²) >= 11 is 0. The van der Waals surface area contributed by atoms with Gasteiger partial charge < -0.3 is 5.32 Å². The third-order valence-electron chi connectivity index (χ3n) is 3.61. The Morgan fingerprint density at radius 2 is 1.80 bits per heavy atom. The van der Waals surface area contributed by atoms with Gasteiger partial charge in [0.2, 0.25) is 5.91 Å². The molecule has 0 saturated carbocycles. The first-order valence-corrected chi connectivity index (χ1v) is 7.45. The van der Waals surface area contributed by atoms with E-state index in [-0.39, 0.29) is 12.4 Å². The van der Waals surface area contributed by atoms with Crippen LogP contribution >= 0.6 is 0 Å². The van der Waals surface area contributed by atoms with Crippen molar-refractivity contribution in [2.24, 2.45) is 0 Å². The third kappa shape index (κ3) is 3.09. The van der Waals surface area contributed by atoms with Gasteiger partial charge in [-0.05, 0) is 18.2 Å². The molecule has 0 radical (unpaired) electrons. The van der Waals surface area contributed by atoms with Crippen molar-refractivity contribution in [3.63, 3.8) is 0 Å². The van der Waals surface area contributed by atoms with Crippen molar-refractivity contribution in [3.05, 3.63) is 49.1 Å². The summed E-state index contributed by atoms with van der Waals surface area (Å²) in [5.74, 6) is -2.34. The molecule has 2 heterocycles. The highest BCUT2D eigenvalue weighted by molar-refractivity contribution is 6.45. The Morgan fingerprint density at radius 1 is 1.08 bits per heavy atom. The van der Waals surface area contributed by atoms with Gasteiger partial charge in [-0.1, -0.05) is 24.3 Å². The lowest BCUT2D eigenvalue weighted by Gasteiger charge is -2.14. The maximum Gasteiger partial charge on any atom is 0.335 e. The van der Waals surface area contributed by atoms with E-state index in [0.717, 1.165) is 10.3 Å². The van der Waals surface area contributed by atoms with Gasteiger partial charge >= 0.3 is 17.8 Å². The fourth-order valence-corrected chi connectivity index (χ4v) is 2.44. The second kappa shape index (κ2) is 6.52.